The van der Waals surface area contributed by atoms with E-state index in [2.05, 4.69) is 157 Å². The van der Waals surface area contributed by atoms with Crippen LogP contribution in [0.25, 0.3) is 60.9 Å². The van der Waals surface area contributed by atoms with Gasteiger partial charge in [-0.1, -0.05) is 127 Å². The van der Waals surface area contributed by atoms with Crippen molar-refractivity contribution in [3.8, 4) is 39.1 Å². The van der Waals surface area contributed by atoms with Crippen LogP contribution in [0.3, 0.4) is 0 Å². The third kappa shape index (κ3) is 3.90. The molecule has 0 fully saturated rings. The fourth-order valence-electron chi connectivity index (χ4n) is 5.54. The number of aromatic nitrogens is 1. The standard InChI is InChI=1S/C37H27N/c1-26-7-6-8-32(25-26)31-19-17-28(18-20-31)27-13-15-29(16-14-27)30-21-23-33(24-22-30)38-36-11-4-2-9-34(36)35-10-3-5-12-37(35)38/h2-25H,1H3. The topological polar surface area (TPSA) is 4.93 Å². The van der Waals surface area contributed by atoms with Gasteiger partial charge in [0.05, 0.1) is 11.0 Å². The molecule has 7 rings (SSSR count). The average molecular weight is 486 g/mol. The summed E-state index contributed by atoms with van der Waals surface area (Å²) in [4.78, 5) is 0. The molecule has 0 bridgehead atoms. The maximum Gasteiger partial charge on any atom is 0.0541 e. The molecule has 0 N–H and O–H groups in total. The van der Waals surface area contributed by atoms with Crippen LogP contribution < -0.4 is 0 Å². The fourth-order valence-corrected chi connectivity index (χ4v) is 5.54. The Morgan fingerprint density at radius 1 is 0.368 bits per heavy atom. The van der Waals surface area contributed by atoms with Crippen LogP contribution in [0.5, 0.6) is 0 Å². The lowest BCUT2D eigenvalue weighted by Crippen LogP contribution is -1.93. The Balaban J connectivity index is 1.17. The molecule has 7 aromatic rings. The number of fused-ring (bicyclic) bond motifs is 3. The first kappa shape index (κ1) is 22.3. The van der Waals surface area contributed by atoms with Crippen molar-refractivity contribution in [3.05, 3.63) is 151 Å². The number of nitrogens with zero attached hydrogens (tertiary/aromatic N) is 1. The van der Waals surface area contributed by atoms with E-state index in [0.29, 0.717) is 0 Å². The quantitative estimate of drug-likeness (QED) is 0.234. The second kappa shape index (κ2) is 9.21. The average Bonchev–Trinajstić information content (AvgIpc) is 3.32. The minimum atomic E-state index is 1.18. The highest BCUT2D eigenvalue weighted by molar-refractivity contribution is 6.09. The Kier molecular flexibility index (Phi) is 5.41. The van der Waals surface area contributed by atoms with Gasteiger partial charge in [-0.25, -0.2) is 0 Å². The summed E-state index contributed by atoms with van der Waals surface area (Å²) >= 11 is 0. The number of aryl methyl sites for hydroxylation is 1. The molecule has 6 aromatic carbocycles. The van der Waals surface area contributed by atoms with Crippen LogP contribution in [0.1, 0.15) is 5.56 Å². The monoisotopic (exact) mass is 485 g/mol. The van der Waals surface area contributed by atoms with E-state index in [1.807, 2.05) is 0 Å². The van der Waals surface area contributed by atoms with Gasteiger partial charge < -0.3 is 4.57 Å². The van der Waals surface area contributed by atoms with E-state index in [4.69, 9.17) is 0 Å². The third-order valence-electron chi connectivity index (χ3n) is 7.49. The van der Waals surface area contributed by atoms with Gasteiger partial charge in [0.25, 0.3) is 0 Å². The maximum atomic E-state index is 2.36. The van der Waals surface area contributed by atoms with Crippen LogP contribution in [0.15, 0.2) is 146 Å². The first-order chi connectivity index (χ1) is 18.7. The minimum absolute atomic E-state index is 1.18. The van der Waals surface area contributed by atoms with Crippen molar-refractivity contribution < 1.29 is 0 Å². The first-order valence-corrected chi connectivity index (χ1v) is 13.1. The van der Waals surface area contributed by atoms with Crippen molar-refractivity contribution >= 4 is 21.8 Å². The van der Waals surface area contributed by atoms with Crippen LogP contribution in [-0.2, 0) is 0 Å². The van der Waals surface area contributed by atoms with E-state index in [1.54, 1.807) is 0 Å². The van der Waals surface area contributed by atoms with Gasteiger partial charge >= 0.3 is 0 Å². The van der Waals surface area contributed by atoms with Gasteiger partial charge in [0.15, 0.2) is 0 Å². The highest BCUT2D eigenvalue weighted by Gasteiger charge is 2.11. The zero-order valence-electron chi connectivity index (χ0n) is 21.3. The molecular formula is C37H27N. The summed E-state index contributed by atoms with van der Waals surface area (Å²) < 4.78 is 2.36. The number of para-hydroxylation sites is 2. The summed E-state index contributed by atoms with van der Waals surface area (Å²) in [6.45, 7) is 2.14. The van der Waals surface area contributed by atoms with Crippen LogP contribution >= 0.6 is 0 Å². The molecule has 0 unspecified atom stereocenters. The summed E-state index contributed by atoms with van der Waals surface area (Å²) in [5.41, 5.74) is 12.3. The van der Waals surface area contributed by atoms with Crippen molar-refractivity contribution in [1.29, 1.82) is 0 Å². The Hall–Kier alpha value is -4.88. The van der Waals surface area contributed by atoms with E-state index in [0.717, 1.165) is 0 Å². The molecule has 0 radical (unpaired) electrons. The maximum absolute atomic E-state index is 2.36. The second-order valence-corrected chi connectivity index (χ2v) is 9.94. The Bertz CT molecular complexity index is 1830. The lowest BCUT2D eigenvalue weighted by Gasteiger charge is -2.10. The zero-order chi connectivity index (χ0) is 25.5. The van der Waals surface area contributed by atoms with Gasteiger partial charge in [0.2, 0.25) is 0 Å². The van der Waals surface area contributed by atoms with E-state index in [1.165, 1.54) is 66.4 Å². The van der Waals surface area contributed by atoms with Crippen LogP contribution in [0, 0.1) is 6.92 Å². The summed E-state index contributed by atoms with van der Waals surface area (Å²) in [5.74, 6) is 0. The minimum Gasteiger partial charge on any atom is -0.309 e. The summed E-state index contributed by atoms with van der Waals surface area (Å²) in [6.07, 6.45) is 0. The predicted molar refractivity (Wildman–Crippen MR) is 162 cm³/mol. The van der Waals surface area contributed by atoms with Gasteiger partial charge in [-0.3, -0.25) is 0 Å². The Labute approximate surface area is 223 Å². The van der Waals surface area contributed by atoms with Crippen molar-refractivity contribution in [2.24, 2.45) is 0 Å². The summed E-state index contributed by atoms with van der Waals surface area (Å²) in [6, 6.07) is 52.6. The molecule has 0 saturated carbocycles. The normalized spacial score (nSPS) is 11.3. The number of hydrogen-bond donors (Lipinski definition) is 0. The molecule has 1 heterocycles. The first-order valence-electron chi connectivity index (χ1n) is 13.1. The number of rotatable bonds is 4. The highest BCUT2D eigenvalue weighted by Crippen LogP contribution is 2.33. The van der Waals surface area contributed by atoms with Gasteiger partial charge in [-0.2, -0.15) is 0 Å². The van der Waals surface area contributed by atoms with E-state index < -0.39 is 0 Å². The SMILES string of the molecule is Cc1cccc(-c2ccc(-c3ccc(-c4ccc(-n5c6ccccc6c6ccccc65)cc4)cc3)cc2)c1. The van der Waals surface area contributed by atoms with Crippen LogP contribution in [0.2, 0.25) is 0 Å². The summed E-state index contributed by atoms with van der Waals surface area (Å²) in [7, 11) is 0. The van der Waals surface area contributed by atoms with Gasteiger partial charge in [-0.05, 0) is 64.6 Å². The molecule has 0 amide bonds. The zero-order valence-corrected chi connectivity index (χ0v) is 21.3. The molecule has 38 heavy (non-hydrogen) atoms. The molecule has 1 nitrogen and oxygen atoms in total. The highest BCUT2D eigenvalue weighted by atomic mass is 15.0. The smallest absolute Gasteiger partial charge is 0.0541 e. The summed E-state index contributed by atoms with van der Waals surface area (Å²) in [5, 5.41) is 2.57. The van der Waals surface area contributed by atoms with Gasteiger partial charge in [-0.15, -0.1) is 0 Å². The number of hydrogen-bond acceptors (Lipinski definition) is 0. The molecule has 0 aliphatic heterocycles. The molecule has 180 valence electrons. The van der Waals surface area contributed by atoms with Crippen molar-refractivity contribution in [2.75, 3.05) is 0 Å². The Morgan fingerprint density at radius 3 is 1.26 bits per heavy atom. The molecule has 0 spiro atoms. The molecule has 1 aromatic heterocycles. The van der Waals surface area contributed by atoms with E-state index in [9.17, 15) is 0 Å². The largest absolute Gasteiger partial charge is 0.309 e. The van der Waals surface area contributed by atoms with E-state index >= 15 is 0 Å². The molecule has 0 saturated heterocycles. The van der Waals surface area contributed by atoms with Gasteiger partial charge in [0.1, 0.15) is 0 Å². The van der Waals surface area contributed by atoms with Gasteiger partial charge in [0, 0.05) is 16.5 Å². The van der Waals surface area contributed by atoms with Crippen LogP contribution in [-0.4, -0.2) is 4.57 Å². The molecule has 0 aliphatic carbocycles. The third-order valence-corrected chi connectivity index (χ3v) is 7.49. The van der Waals surface area contributed by atoms with Crippen molar-refractivity contribution in [1.82, 2.24) is 4.57 Å². The molecular weight excluding hydrogens is 458 g/mol. The lowest BCUT2D eigenvalue weighted by molar-refractivity contribution is 1.18. The predicted octanol–water partition coefficient (Wildman–Crippen LogP) is 10.1. The number of benzene rings is 6. The second-order valence-electron chi connectivity index (χ2n) is 9.94. The fraction of sp³-hybridized carbons (Fsp3) is 0.0270. The Morgan fingerprint density at radius 2 is 0.789 bits per heavy atom. The molecule has 0 atom stereocenters. The van der Waals surface area contributed by atoms with E-state index in [-0.39, 0.29) is 0 Å². The van der Waals surface area contributed by atoms with Crippen LogP contribution in [0.4, 0.5) is 0 Å². The molecule has 0 aliphatic rings. The molecule has 1 heteroatoms. The lowest BCUT2D eigenvalue weighted by atomic mass is 9.97. The van der Waals surface area contributed by atoms with Crippen molar-refractivity contribution in [3.63, 3.8) is 0 Å². The van der Waals surface area contributed by atoms with Crippen molar-refractivity contribution in [2.45, 2.75) is 6.92 Å².